The summed E-state index contributed by atoms with van der Waals surface area (Å²) >= 11 is 0. The van der Waals surface area contributed by atoms with Crippen LogP contribution in [0.15, 0.2) is 54.6 Å². The number of anilines is 1. The number of benzene rings is 2. The van der Waals surface area contributed by atoms with Crippen molar-refractivity contribution in [3.8, 4) is 0 Å². The molecule has 5 heteroatoms. The third-order valence-electron chi connectivity index (χ3n) is 3.00. The highest BCUT2D eigenvalue weighted by molar-refractivity contribution is 7.85. The van der Waals surface area contributed by atoms with E-state index in [1.807, 2.05) is 18.2 Å². The van der Waals surface area contributed by atoms with Crippen molar-refractivity contribution < 1.29 is 13.4 Å². The van der Waals surface area contributed by atoms with Gasteiger partial charge >= 0.3 is 0 Å². The molecular formula is C16H16FNO2S. The number of nitrogens with one attached hydrogen (secondary N) is 1. The fourth-order valence-corrected chi connectivity index (χ4v) is 2.86. The van der Waals surface area contributed by atoms with Crippen LogP contribution in [0, 0.1) is 5.82 Å². The van der Waals surface area contributed by atoms with Crippen LogP contribution in [0.1, 0.15) is 12.5 Å². The summed E-state index contributed by atoms with van der Waals surface area (Å²) in [4.78, 5) is 12.0. The second-order valence-corrected chi connectivity index (χ2v) is 6.41. The second-order valence-electron chi connectivity index (χ2n) is 4.65. The fourth-order valence-electron chi connectivity index (χ4n) is 1.80. The minimum atomic E-state index is -1.41. The van der Waals surface area contributed by atoms with Gasteiger partial charge in [0, 0.05) is 22.2 Å². The lowest BCUT2D eigenvalue weighted by atomic mass is 10.2. The first-order chi connectivity index (χ1) is 10.1. The molecule has 0 spiro atoms. The highest BCUT2D eigenvalue weighted by Gasteiger charge is 2.20. The maximum absolute atomic E-state index is 13.1. The minimum absolute atomic E-state index is 0.154. The zero-order valence-electron chi connectivity index (χ0n) is 11.6. The molecule has 0 bridgehead atoms. The summed E-state index contributed by atoms with van der Waals surface area (Å²) in [6, 6.07) is 14.9. The number of carbonyl (C=O) groups is 1. The van der Waals surface area contributed by atoms with Gasteiger partial charge < -0.3 is 5.32 Å². The van der Waals surface area contributed by atoms with Crippen molar-refractivity contribution in [1.29, 1.82) is 0 Å². The largest absolute Gasteiger partial charge is 0.325 e. The highest BCUT2D eigenvalue weighted by atomic mass is 32.2. The predicted octanol–water partition coefficient (Wildman–Crippen LogP) is 3.10. The normalized spacial score (nSPS) is 13.4. The van der Waals surface area contributed by atoms with Crippen LogP contribution in [-0.2, 0) is 21.3 Å². The van der Waals surface area contributed by atoms with Crippen molar-refractivity contribution in [1.82, 2.24) is 0 Å². The van der Waals surface area contributed by atoms with Gasteiger partial charge in [0.2, 0.25) is 5.91 Å². The average molecular weight is 305 g/mol. The molecule has 0 aliphatic rings. The Balaban J connectivity index is 1.97. The number of rotatable bonds is 5. The van der Waals surface area contributed by atoms with Gasteiger partial charge in [-0.3, -0.25) is 9.00 Å². The zero-order chi connectivity index (χ0) is 15.2. The van der Waals surface area contributed by atoms with E-state index in [1.165, 1.54) is 12.1 Å². The van der Waals surface area contributed by atoms with Crippen molar-refractivity contribution in [3.05, 3.63) is 66.0 Å². The lowest BCUT2D eigenvalue weighted by Gasteiger charge is -2.12. The summed E-state index contributed by atoms with van der Waals surface area (Å²) in [5.41, 5.74) is 1.28. The topological polar surface area (TPSA) is 46.2 Å². The number of carbonyl (C=O) groups excluding carboxylic acids is 1. The molecule has 0 radical (unpaired) electrons. The van der Waals surface area contributed by atoms with Crippen molar-refractivity contribution in [2.45, 2.75) is 17.9 Å². The van der Waals surface area contributed by atoms with Crippen molar-refractivity contribution in [3.63, 3.8) is 0 Å². The SMILES string of the molecule is C[C@H](C(=O)Nc1ccccc1)[S@@](=O)Cc1cccc(F)c1. The van der Waals surface area contributed by atoms with Gasteiger partial charge in [0.25, 0.3) is 0 Å². The zero-order valence-corrected chi connectivity index (χ0v) is 12.4. The van der Waals surface area contributed by atoms with Gasteiger partial charge in [0.05, 0.1) is 0 Å². The molecule has 0 aliphatic heterocycles. The van der Waals surface area contributed by atoms with Gasteiger partial charge in [-0.2, -0.15) is 0 Å². The van der Waals surface area contributed by atoms with E-state index >= 15 is 0 Å². The van der Waals surface area contributed by atoms with Crippen LogP contribution in [0.5, 0.6) is 0 Å². The molecule has 2 atom stereocenters. The first kappa shape index (κ1) is 15.4. The lowest BCUT2D eigenvalue weighted by Crippen LogP contribution is -2.29. The molecule has 3 nitrogen and oxygen atoms in total. The van der Waals surface area contributed by atoms with E-state index in [4.69, 9.17) is 0 Å². The molecule has 2 aromatic rings. The van der Waals surface area contributed by atoms with Gasteiger partial charge in [-0.25, -0.2) is 4.39 Å². The Morgan fingerprint density at radius 3 is 2.57 bits per heavy atom. The Morgan fingerprint density at radius 2 is 1.90 bits per heavy atom. The summed E-state index contributed by atoms with van der Waals surface area (Å²) in [5, 5.41) is 2.04. The standard InChI is InChI=1S/C16H16FNO2S/c1-12(16(19)18-15-8-3-2-4-9-15)21(20)11-13-6-5-7-14(17)10-13/h2-10,12H,11H2,1H3,(H,18,19)/t12-,21+/m1/s1. The third kappa shape index (κ3) is 4.49. The average Bonchev–Trinajstić information content (AvgIpc) is 2.47. The second kappa shape index (κ2) is 7.13. The molecule has 0 heterocycles. The number of halogens is 1. The number of hydrogen-bond acceptors (Lipinski definition) is 2. The molecule has 1 amide bonds. The van der Waals surface area contributed by atoms with Gasteiger partial charge in [-0.1, -0.05) is 30.3 Å². The smallest absolute Gasteiger partial charge is 0.239 e. The van der Waals surface area contributed by atoms with Gasteiger partial charge in [-0.05, 0) is 36.8 Å². The number of hydrogen-bond donors (Lipinski definition) is 1. The fraction of sp³-hybridized carbons (Fsp3) is 0.188. The summed E-state index contributed by atoms with van der Waals surface area (Å²) in [6.45, 7) is 1.60. The van der Waals surface area contributed by atoms with Gasteiger partial charge in [0.15, 0.2) is 0 Å². The molecule has 0 fully saturated rings. The van der Waals surface area contributed by atoms with Crippen molar-refractivity contribution >= 4 is 22.4 Å². The van der Waals surface area contributed by atoms with Crippen LogP contribution < -0.4 is 5.32 Å². The summed E-state index contributed by atoms with van der Waals surface area (Å²) in [7, 11) is -1.41. The van der Waals surface area contributed by atoms with Crippen LogP contribution in [0.4, 0.5) is 10.1 Å². The summed E-state index contributed by atoms with van der Waals surface area (Å²) < 4.78 is 25.3. The molecule has 2 rings (SSSR count). The van der Waals surface area contributed by atoms with Gasteiger partial charge in [0.1, 0.15) is 11.1 Å². The molecule has 0 saturated heterocycles. The Labute approximate surface area is 125 Å². The van der Waals surface area contributed by atoms with E-state index in [0.717, 1.165) is 0 Å². The Hall–Kier alpha value is -2.01. The summed E-state index contributed by atoms with van der Waals surface area (Å²) in [5.74, 6) is -0.525. The van der Waals surface area contributed by atoms with Crippen LogP contribution in [0.3, 0.4) is 0 Å². The predicted molar refractivity (Wildman–Crippen MR) is 82.8 cm³/mol. The highest BCUT2D eigenvalue weighted by Crippen LogP contribution is 2.12. The van der Waals surface area contributed by atoms with E-state index in [1.54, 1.807) is 31.2 Å². The maximum Gasteiger partial charge on any atom is 0.239 e. The van der Waals surface area contributed by atoms with E-state index in [-0.39, 0.29) is 17.5 Å². The number of para-hydroxylation sites is 1. The third-order valence-corrected chi connectivity index (χ3v) is 4.62. The molecule has 21 heavy (non-hydrogen) atoms. The van der Waals surface area contributed by atoms with E-state index in [0.29, 0.717) is 11.3 Å². The molecular weight excluding hydrogens is 289 g/mol. The van der Waals surface area contributed by atoms with Crippen LogP contribution >= 0.6 is 0 Å². The Bertz CT molecular complexity index is 646. The monoisotopic (exact) mass is 305 g/mol. The van der Waals surface area contributed by atoms with E-state index < -0.39 is 16.0 Å². The Kier molecular flexibility index (Phi) is 5.22. The molecule has 0 saturated carbocycles. The quantitative estimate of drug-likeness (QED) is 0.922. The van der Waals surface area contributed by atoms with E-state index in [9.17, 15) is 13.4 Å². The van der Waals surface area contributed by atoms with Gasteiger partial charge in [-0.15, -0.1) is 0 Å². The number of amides is 1. The van der Waals surface area contributed by atoms with Crippen molar-refractivity contribution in [2.24, 2.45) is 0 Å². The molecule has 2 aromatic carbocycles. The molecule has 0 aliphatic carbocycles. The summed E-state index contributed by atoms with van der Waals surface area (Å²) in [6.07, 6.45) is 0. The van der Waals surface area contributed by atoms with Crippen LogP contribution in [-0.4, -0.2) is 15.4 Å². The van der Waals surface area contributed by atoms with Crippen molar-refractivity contribution in [2.75, 3.05) is 5.32 Å². The maximum atomic E-state index is 13.1. The van der Waals surface area contributed by atoms with E-state index in [2.05, 4.69) is 5.32 Å². The first-order valence-corrected chi connectivity index (χ1v) is 7.92. The van der Waals surface area contributed by atoms with Crippen LogP contribution in [0.2, 0.25) is 0 Å². The molecule has 0 aromatic heterocycles. The van der Waals surface area contributed by atoms with Crippen LogP contribution in [0.25, 0.3) is 0 Å². The minimum Gasteiger partial charge on any atom is -0.325 e. The molecule has 1 N–H and O–H groups in total. The molecule has 110 valence electrons. The Morgan fingerprint density at radius 1 is 1.19 bits per heavy atom. The first-order valence-electron chi connectivity index (χ1n) is 6.54. The lowest BCUT2D eigenvalue weighted by molar-refractivity contribution is -0.115. The molecule has 0 unspecified atom stereocenters.